The minimum Gasteiger partial charge on any atom is -0.493 e. The summed E-state index contributed by atoms with van der Waals surface area (Å²) >= 11 is 0. The van der Waals surface area contributed by atoms with Crippen LogP contribution in [0.25, 0.3) is 0 Å². The second kappa shape index (κ2) is 4.57. The van der Waals surface area contributed by atoms with E-state index in [1.807, 2.05) is 6.92 Å². The van der Waals surface area contributed by atoms with E-state index in [-0.39, 0.29) is 6.61 Å². The van der Waals surface area contributed by atoms with E-state index in [4.69, 9.17) is 9.47 Å². The summed E-state index contributed by atoms with van der Waals surface area (Å²) in [6.07, 6.45) is 0.778. The van der Waals surface area contributed by atoms with E-state index in [0.29, 0.717) is 12.2 Å². The molecule has 0 fully saturated rings. The van der Waals surface area contributed by atoms with E-state index in [0.717, 1.165) is 23.3 Å². The number of hydrogen-bond donors (Lipinski definition) is 0. The molecule has 0 unspecified atom stereocenters. The monoisotopic (exact) mass is 234 g/mol. The number of aryl methyl sites for hydroxylation is 1. The van der Waals surface area contributed by atoms with Crippen LogP contribution in [-0.4, -0.2) is 25.0 Å². The van der Waals surface area contributed by atoms with E-state index in [9.17, 15) is 9.59 Å². The summed E-state index contributed by atoms with van der Waals surface area (Å²) < 4.78 is 10.1. The molecule has 2 rings (SSSR count). The number of rotatable bonds is 3. The van der Waals surface area contributed by atoms with E-state index in [1.165, 1.54) is 0 Å². The molecule has 1 aliphatic rings. The van der Waals surface area contributed by atoms with Gasteiger partial charge in [-0.15, -0.1) is 0 Å². The fourth-order valence-electron chi connectivity index (χ4n) is 1.95. The summed E-state index contributed by atoms with van der Waals surface area (Å²) in [6.45, 7) is 4.38. The average molecular weight is 234 g/mol. The van der Waals surface area contributed by atoms with Crippen molar-refractivity contribution in [2.24, 2.45) is 0 Å². The molecule has 0 amide bonds. The summed E-state index contributed by atoms with van der Waals surface area (Å²) in [6, 6.07) is 3.39. The van der Waals surface area contributed by atoms with Crippen LogP contribution in [0.2, 0.25) is 0 Å². The smallest absolute Gasteiger partial charge is 0.379 e. The van der Waals surface area contributed by atoms with Crippen LogP contribution in [-0.2, 0) is 16.0 Å². The van der Waals surface area contributed by atoms with Crippen molar-refractivity contribution < 1.29 is 19.1 Å². The summed E-state index contributed by atoms with van der Waals surface area (Å²) in [5.41, 5.74) is 2.25. The Morgan fingerprint density at radius 2 is 2.18 bits per heavy atom. The lowest BCUT2D eigenvalue weighted by Gasteiger charge is -2.06. The van der Waals surface area contributed by atoms with Crippen molar-refractivity contribution in [3.8, 4) is 5.75 Å². The Morgan fingerprint density at radius 3 is 2.88 bits per heavy atom. The van der Waals surface area contributed by atoms with Gasteiger partial charge in [-0.1, -0.05) is 0 Å². The molecular formula is C13H14O4. The third-order valence-electron chi connectivity index (χ3n) is 2.69. The predicted octanol–water partition coefficient (Wildman–Crippen LogP) is 1.68. The van der Waals surface area contributed by atoms with Gasteiger partial charge in [0.25, 0.3) is 5.78 Å². The van der Waals surface area contributed by atoms with E-state index in [1.54, 1.807) is 19.1 Å². The maximum Gasteiger partial charge on any atom is 0.379 e. The van der Waals surface area contributed by atoms with Crippen molar-refractivity contribution in [1.29, 1.82) is 0 Å². The third-order valence-corrected chi connectivity index (χ3v) is 2.69. The molecule has 90 valence electrons. The Labute approximate surface area is 99.5 Å². The van der Waals surface area contributed by atoms with Crippen molar-refractivity contribution in [3.63, 3.8) is 0 Å². The summed E-state index contributed by atoms with van der Waals surface area (Å²) in [5, 5.41) is 0. The average Bonchev–Trinajstić information content (AvgIpc) is 2.77. The van der Waals surface area contributed by atoms with Crippen LogP contribution in [0, 0.1) is 6.92 Å². The first-order valence-electron chi connectivity index (χ1n) is 5.61. The van der Waals surface area contributed by atoms with Gasteiger partial charge >= 0.3 is 5.97 Å². The van der Waals surface area contributed by atoms with Gasteiger partial charge < -0.3 is 9.47 Å². The molecule has 1 aromatic rings. The summed E-state index contributed by atoms with van der Waals surface area (Å²) in [7, 11) is 0. The van der Waals surface area contributed by atoms with Gasteiger partial charge in [-0.3, -0.25) is 4.79 Å². The molecule has 0 radical (unpaired) electrons. The molecule has 0 saturated heterocycles. The van der Waals surface area contributed by atoms with E-state index < -0.39 is 11.8 Å². The number of Topliss-reactive ketones (excluding diaryl/α,β-unsaturated/α-hetero) is 1. The highest BCUT2D eigenvalue weighted by molar-refractivity contribution is 6.40. The fourth-order valence-corrected chi connectivity index (χ4v) is 1.95. The van der Waals surface area contributed by atoms with Crippen LogP contribution >= 0.6 is 0 Å². The number of hydrogen-bond acceptors (Lipinski definition) is 4. The topological polar surface area (TPSA) is 52.6 Å². The molecule has 0 spiro atoms. The molecule has 0 aliphatic carbocycles. The lowest BCUT2D eigenvalue weighted by atomic mass is 10.0. The van der Waals surface area contributed by atoms with Crippen LogP contribution in [0.15, 0.2) is 12.1 Å². The van der Waals surface area contributed by atoms with Gasteiger partial charge in [0.1, 0.15) is 5.75 Å². The Hall–Kier alpha value is -1.84. The van der Waals surface area contributed by atoms with Crippen molar-refractivity contribution in [1.82, 2.24) is 0 Å². The molecule has 4 nitrogen and oxygen atoms in total. The highest BCUT2D eigenvalue weighted by Crippen LogP contribution is 2.30. The number of esters is 1. The number of benzene rings is 1. The molecule has 0 atom stereocenters. The summed E-state index contributed by atoms with van der Waals surface area (Å²) in [5.74, 6) is -0.555. The van der Waals surface area contributed by atoms with Crippen LogP contribution in [0.4, 0.5) is 0 Å². The lowest BCUT2D eigenvalue weighted by molar-refractivity contribution is -0.137. The standard InChI is InChI=1S/C13H14O4/c1-3-16-13(15)11(14)10-6-8(2)12-9(7-10)4-5-17-12/h6-7H,3-5H2,1-2H3. The second-order valence-electron chi connectivity index (χ2n) is 3.93. The van der Waals surface area contributed by atoms with Gasteiger partial charge in [-0.25, -0.2) is 4.79 Å². The maximum atomic E-state index is 11.8. The van der Waals surface area contributed by atoms with E-state index >= 15 is 0 Å². The normalized spacial score (nSPS) is 12.8. The number of fused-ring (bicyclic) bond motifs is 1. The first-order chi connectivity index (χ1) is 8.13. The van der Waals surface area contributed by atoms with Crippen LogP contribution in [0.5, 0.6) is 5.75 Å². The van der Waals surface area contributed by atoms with Crippen molar-refractivity contribution in [2.45, 2.75) is 20.3 Å². The number of carbonyl (C=O) groups is 2. The number of ether oxygens (including phenoxy) is 2. The first kappa shape index (κ1) is 11.6. The zero-order valence-electron chi connectivity index (χ0n) is 9.91. The van der Waals surface area contributed by atoms with Crippen molar-refractivity contribution >= 4 is 11.8 Å². The molecule has 0 aromatic heterocycles. The molecule has 0 bridgehead atoms. The molecule has 1 heterocycles. The molecule has 4 heteroatoms. The predicted molar refractivity (Wildman–Crippen MR) is 61.3 cm³/mol. The van der Waals surface area contributed by atoms with Gasteiger partial charge in [0.15, 0.2) is 0 Å². The SMILES string of the molecule is CCOC(=O)C(=O)c1cc(C)c2c(c1)CCO2. The summed E-state index contributed by atoms with van der Waals surface area (Å²) in [4.78, 5) is 23.1. The lowest BCUT2D eigenvalue weighted by Crippen LogP contribution is -2.17. The van der Waals surface area contributed by atoms with Gasteiger partial charge in [0, 0.05) is 12.0 Å². The van der Waals surface area contributed by atoms with Crippen molar-refractivity contribution in [2.75, 3.05) is 13.2 Å². The molecule has 0 saturated carbocycles. The Bertz CT molecular complexity index is 477. The highest BCUT2D eigenvalue weighted by atomic mass is 16.5. The van der Waals surface area contributed by atoms with Crippen LogP contribution in [0.1, 0.15) is 28.4 Å². The Balaban J connectivity index is 2.31. The minimum absolute atomic E-state index is 0.206. The van der Waals surface area contributed by atoms with Gasteiger partial charge in [-0.2, -0.15) is 0 Å². The Kier molecular flexibility index (Phi) is 3.13. The van der Waals surface area contributed by atoms with Crippen LogP contribution in [0.3, 0.4) is 0 Å². The number of ketones is 1. The fraction of sp³-hybridized carbons (Fsp3) is 0.385. The zero-order chi connectivity index (χ0) is 12.4. The van der Waals surface area contributed by atoms with Gasteiger partial charge in [0.05, 0.1) is 13.2 Å². The zero-order valence-corrected chi connectivity index (χ0v) is 9.91. The van der Waals surface area contributed by atoms with Crippen LogP contribution < -0.4 is 4.74 Å². The first-order valence-corrected chi connectivity index (χ1v) is 5.61. The largest absolute Gasteiger partial charge is 0.493 e. The molecule has 1 aliphatic heterocycles. The molecule has 1 aromatic carbocycles. The minimum atomic E-state index is -0.800. The maximum absolute atomic E-state index is 11.8. The Morgan fingerprint density at radius 1 is 1.41 bits per heavy atom. The molecular weight excluding hydrogens is 220 g/mol. The number of carbonyl (C=O) groups excluding carboxylic acids is 2. The highest BCUT2D eigenvalue weighted by Gasteiger charge is 2.22. The second-order valence-corrected chi connectivity index (χ2v) is 3.93. The third kappa shape index (κ3) is 2.16. The molecule has 0 N–H and O–H groups in total. The van der Waals surface area contributed by atoms with E-state index in [2.05, 4.69) is 0 Å². The van der Waals surface area contributed by atoms with Gasteiger partial charge in [-0.05, 0) is 37.1 Å². The quantitative estimate of drug-likeness (QED) is 0.453. The van der Waals surface area contributed by atoms with Crippen molar-refractivity contribution in [3.05, 3.63) is 28.8 Å². The van der Waals surface area contributed by atoms with Gasteiger partial charge in [0.2, 0.25) is 0 Å². The molecule has 17 heavy (non-hydrogen) atoms.